The average molecular weight is 375 g/mol. The molecule has 3 heterocycles. The van der Waals surface area contributed by atoms with E-state index in [9.17, 15) is 0 Å². The summed E-state index contributed by atoms with van der Waals surface area (Å²) in [6.07, 6.45) is 6.66. The molecular formula is C22H22N4S. The minimum atomic E-state index is -0.0325. The summed E-state index contributed by atoms with van der Waals surface area (Å²) in [5.41, 5.74) is 5.87. The molecule has 27 heavy (non-hydrogen) atoms. The van der Waals surface area contributed by atoms with Crippen molar-refractivity contribution in [2.45, 2.75) is 38.6 Å². The van der Waals surface area contributed by atoms with Crippen molar-refractivity contribution in [3.05, 3.63) is 76.2 Å². The fourth-order valence-corrected chi connectivity index (χ4v) is 5.13. The molecule has 0 saturated carbocycles. The number of hydrogen-bond acceptors (Lipinski definition) is 4. The first-order valence-corrected chi connectivity index (χ1v) is 10.3. The number of aromatic nitrogens is 3. The summed E-state index contributed by atoms with van der Waals surface area (Å²) >= 11 is 1.81. The Kier molecular flexibility index (Phi) is 4.17. The molecule has 5 heteroatoms. The van der Waals surface area contributed by atoms with Gasteiger partial charge in [0.1, 0.15) is 0 Å². The fraction of sp³-hybridized carbons (Fsp3) is 0.273. The Morgan fingerprint density at radius 3 is 2.78 bits per heavy atom. The Balaban J connectivity index is 1.61. The van der Waals surface area contributed by atoms with E-state index < -0.39 is 0 Å². The van der Waals surface area contributed by atoms with E-state index in [1.54, 1.807) is 11.3 Å². The monoisotopic (exact) mass is 374 g/mol. The third kappa shape index (κ3) is 3.02. The van der Waals surface area contributed by atoms with Gasteiger partial charge in [0.25, 0.3) is 0 Å². The molecule has 0 spiro atoms. The zero-order valence-corrected chi connectivity index (χ0v) is 16.1. The number of aryl methyl sites for hydroxylation is 3. The molecule has 0 saturated heterocycles. The summed E-state index contributed by atoms with van der Waals surface area (Å²) < 4.78 is 0. The van der Waals surface area contributed by atoms with Crippen LogP contribution < -0.4 is 5.32 Å². The molecule has 3 aromatic heterocycles. The van der Waals surface area contributed by atoms with Crippen LogP contribution in [0, 0.1) is 6.92 Å². The molecular weight excluding hydrogens is 352 g/mol. The number of hydrogen-bond donors (Lipinski definition) is 2. The Bertz CT molecular complexity index is 1060. The second-order valence-corrected chi connectivity index (χ2v) is 8.22. The first kappa shape index (κ1) is 16.5. The van der Waals surface area contributed by atoms with Crippen molar-refractivity contribution in [2.75, 3.05) is 5.32 Å². The van der Waals surface area contributed by atoms with Crippen LogP contribution in [0.5, 0.6) is 0 Å². The van der Waals surface area contributed by atoms with Crippen LogP contribution in [0.15, 0.2) is 48.7 Å². The van der Waals surface area contributed by atoms with Crippen LogP contribution in [0.3, 0.4) is 0 Å². The number of para-hydroxylation sites is 1. The highest BCUT2D eigenvalue weighted by atomic mass is 32.1. The highest BCUT2D eigenvalue weighted by molar-refractivity contribution is 7.15. The predicted octanol–water partition coefficient (Wildman–Crippen LogP) is 5.41. The van der Waals surface area contributed by atoms with Crippen LogP contribution >= 0.6 is 11.3 Å². The largest absolute Gasteiger partial charge is 0.358 e. The SMILES string of the molecule is Cc1[nH]c2ccccc2c1[C@@H](Nc1nc2c(s1)CCCC2)c1ccccn1. The van der Waals surface area contributed by atoms with Crippen LogP contribution in [0.4, 0.5) is 5.13 Å². The van der Waals surface area contributed by atoms with Gasteiger partial charge in [0.05, 0.1) is 17.4 Å². The molecule has 4 aromatic rings. The summed E-state index contributed by atoms with van der Waals surface area (Å²) in [7, 11) is 0. The van der Waals surface area contributed by atoms with Crippen LogP contribution in [0.1, 0.15) is 46.4 Å². The lowest BCUT2D eigenvalue weighted by atomic mass is 10.00. The van der Waals surface area contributed by atoms with Gasteiger partial charge in [-0.2, -0.15) is 0 Å². The average Bonchev–Trinajstić information content (AvgIpc) is 3.26. The molecule has 1 aromatic carbocycles. The summed E-state index contributed by atoms with van der Waals surface area (Å²) in [6.45, 7) is 2.14. The third-order valence-electron chi connectivity index (χ3n) is 5.33. The highest BCUT2D eigenvalue weighted by Crippen LogP contribution is 2.36. The fourth-order valence-electron chi connectivity index (χ4n) is 4.05. The lowest BCUT2D eigenvalue weighted by Gasteiger charge is -2.19. The smallest absolute Gasteiger partial charge is 0.183 e. The number of nitrogens with one attached hydrogen (secondary N) is 2. The van der Waals surface area contributed by atoms with Crippen LogP contribution in [0.25, 0.3) is 10.9 Å². The Labute approximate surface area is 162 Å². The molecule has 136 valence electrons. The maximum atomic E-state index is 4.91. The van der Waals surface area contributed by atoms with Gasteiger partial charge in [-0.3, -0.25) is 4.98 Å². The van der Waals surface area contributed by atoms with E-state index in [1.807, 2.05) is 18.3 Å². The molecule has 4 nitrogen and oxygen atoms in total. The summed E-state index contributed by atoms with van der Waals surface area (Å²) in [6, 6.07) is 14.5. The molecule has 2 N–H and O–H groups in total. The van der Waals surface area contributed by atoms with E-state index in [2.05, 4.69) is 52.5 Å². The van der Waals surface area contributed by atoms with Crippen LogP contribution in [-0.2, 0) is 12.8 Å². The van der Waals surface area contributed by atoms with E-state index in [0.717, 1.165) is 29.2 Å². The zero-order chi connectivity index (χ0) is 18.2. The van der Waals surface area contributed by atoms with Crippen molar-refractivity contribution in [1.82, 2.24) is 15.0 Å². The number of rotatable bonds is 4. The van der Waals surface area contributed by atoms with E-state index in [4.69, 9.17) is 4.98 Å². The number of aromatic amines is 1. The van der Waals surface area contributed by atoms with Gasteiger partial charge in [-0.1, -0.05) is 24.3 Å². The molecule has 0 aliphatic heterocycles. The molecule has 0 bridgehead atoms. The second kappa shape index (κ2) is 6.82. The van der Waals surface area contributed by atoms with Crippen molar-refractivity contribution in [3.8, 4) is 0 Å². The van der Waals surface area contributed by atoms with Gasteiger partial charge in [0.15, 0.2) is 5.13 Å². The molecule has 0 fully saturated rings. The lowest BCUT2D eigenvalue weighted by molar-refractivity contribution is 0.682. The van der Waals surface area contributed by atoms with Gasteiger partial charge in [-0.15, -0.1) is 11.3 Å². The van der Waals surface area contributed by atoms with Crippen molar-refractivity contribution in [3.63, 3.8) is 0 Å². The Morgan fingerprint density at radius 1 is 1.07 bits per heavy atom. The zero-order valence-electron chi connectivity index (χ0n) is 15.3. The van der Waals surface area contributed by atoms with Crippen molar-refractivity contribution in [2.24, 2.45) is 0 Å². The normalized spacial score (nSPS) is 14.9. The van der Waals surface area contributed by atoms with Gasteiger partial charge in [-0.25, -0.2) is 4.98 Å². The number of pyridine rings is 1. The molecule has 5 rings (SSSR count). The van der Waals surface area contributed by atoms with Crippen molar-refractivity contribution in [1.29, 1.82) is 0 Å². The summed E-state index contributed by atoms with van der Waals surface area (Å²) in [5.74, 6) is 0. The molecule has 1 aliphatic rings. The van der Waals surface area contributed by atoms with E-state index in [1.165, 1.54) is 40.1 Å². The standard InChI is InChI=1S/C22H22N4S/c1-14-20(15-8-2-3-9-16(15)24-14)21(18-11-6-7-13-23-18)26-22-25-17-10-4-5-12-19(17)27-22/h2-3,6-9,11,13,21,24H,4-5,10,12H2,1H3,(H,25,26)/t21-/m0/s1. The first-order chi connectivity index (χ1) is 13.3. The van der Waals surface area contributed by atoms with Gasteiger partial charge in [0, 0.05) is 33.2 Å². The number of thiazole rings is 1. The minimum absolute atomic E-state index is 0.0325. The van der Waals surface area contributed by atoms with E-state index in [-0.39, 0.29) is 6.04 Å². The van der Waals surface area contributed by atoms with E-state index in [0.29, 0.717) is 0 Å². The van der Waals surface area contributed by atoms with Gasteiger partial charge in [0.2, 0.25) is 0 Å². The van der Waals surface area contributed by atoms with Crippen LogP contribution in [0.2, 0.25) is 0 Å². The second-order valence-electron chi connectivity index (χ2n) is 7.14. The first-order valence-electron chi connectivity index (χ1n) is 9.53. The third-order valence-corrected chi connectivity index (χ3v) is 6.42. The van der Waals surface area contributed by atoms with Gasteiger partial charge in [-0.05, 0) is 50.8 Å². The molecule has 0 amide bonds. The maximum Gasteiger partial charge on any atom is 0.183 e. The van der Waals surface area contributed by atoms with Gasteiger partial charge < -0.3 is 10.3 Å². The Morgan fingerprint density at radius 2 is 1.93 bits per heavy atom. The van der Waals surface area contributed by atoms with Crippen molar-refractivity contribution >= 4 is 27.4 Å². The summed E-state index contributed by atoms with van der Waals surface area (Å²) in [4.78, 5) is 14.5. The lowest BCUT2D eigenvalue weighted by Crippen LogP contribution is -2.14. The molecule has 0 radical (unpaired) electrons. The Hall–Kier alpha value is -2.66. The number of nitrogens with zero attached hydrogens (tertiary/aromatic N) is 2. The van der Waals surface area contributed by atoms with Crippen molar-refractivity contribution < 1.29 is 0 Å². The topological polar surface area (TPSA) is 53.6 Å². The maximum absolute atomic E-state index is 4.91. The molecule has 1 atom stereocenters. The number of anilines is 1. The highest BCUT2D eigenvalue weighted by Gasteiger charge is 2.24. The summed E-state index contributed by atoms with van der Waals surface area (Å²) in [5, 5.41) is 5.95. The van der Waals surface area contributed by atoms with Crippen LogP contribution in [-0.4, -0.2) is 15.0 Å². The molecule has 0 unspecified atom stereocenters. The number of benzene rings is 1. The molecule has 1 aliphatic carbocycles. The number of fused-ring (bicyclic) bond motifs is 2. The van der Waals surface area contributed by atoms with E-state index >= 15 is 0 Å². The minimum Gasteiger partial charge on any atom is -0.358 e. The predicted molar refractivity (Wildman–Crippen MR) is 111 cm³/mol. The quantitative estimate of drug-likeness (QED) is 0.502. The number of H-pyrrole nitrogens is 1. The van der Waals surface area contributed by atoms with Gasteiger partial charge >= 0.3 is 0 Å².